The minimum absolute atomic E-state index is 0.0257. The lowest BCUT2D eigenvalue weighted by molar-refractivity contribution is -0.0505. The van der Waals surface area contributed by atoms with Crippen molar-refractivity contribution in [1.82, 2.24) is 15.6 Å². The SMILES string of the molecule is CN=C(NCc1cc2c(cc1OC(F)F)OCO2)NCc1ncccc1C. The maximum absolute atomic E-state index is 12.7. The van der Waals surface area contributed by atoms with Gasteiger partial charge in [0.05, 0.1) is 12.2 Å². The Balaban J connectivity index is 1.66. The van der Waals surface area contributed by atoms with Crippen LogP contribution in [-0.4, -0.2) is 31.4 Å². The van der Waals surface area contributed by atoms with Crippen LogP contribution in [0.2, 0.25) is 0 Å². The topological polar surface area (TPSA) is 77.0 Å². The first kappa shape index (κ1) is 18.7. The van der Waals surface area contributed by atoms with Gasteiger partial charge in [-0.25, -0.2) is 0 Å². The number of benzene rings is 1. The molecular formula is C18H20F2N4O3. The van der Waals surface area contributed by atoms with Gasteiger partial charge in [-0.15, -0.1) is 0 Å². The van der Waals surface area contributed by atoms with Crippen molar-refractivity contribution in [3.8, 4) is 17.2 Å². The standard InChI is InChI=1S/C18H20F2N4O3/c1-11-4-3-5-22-13(11)9-24-18(21-2)23-8-12-6-15-16(26-10-25-15)7-14(12)27-17(19)20/h3-7,17H,8-10H2,1-2H3,(H2,21,23,24). The van der Waals surface area contributed by atoms with Crippen molar-refractivity contribution in [2.24, 2.45) is 4.99 Å². The average molecular weight is 378 g/mol. The fourth-order valence-electron chi connectivity index (χ4n) is 2.58. The Labute approximate surface area is 155 Å². The summed E-state index contributed by atoms with van der Waals surface area (Å²) in [6.45, 7) is -0.227. The van der Waals surface area contributed by atoms with Crippen molar-refractivity contribution in [2.45, 2.75) is 26.6 Å². The Morgan fingerprint density at radius 3 is 2.70 bits per heavy atom. The van der Waals surface area contributed by atoms with Crippen molar-refractivity contribution in [3.63, 3.8) is 0 Å². The van der Waals surface area contributed by atoms with E-state index in [4.69, 9.17) is 9.47 Å². The van der Waals surface area contributed by atoms with Gasteiger partial charge in [-0.1, -0.05) is 6.07 Å². The molecule has 27 heavy (non-hydrogen) atoms. The maximum atomic E-state index is 12.7. The summed E-state index contributed by atoms with van der Waals surface area (Å²) in [6, 6.07) is 6.86. The van der Waals surface area contributed by atoms with E-state index in [1.165, 1.54) is 6.07 Å². The van der Waals surface area contributed by atoms with Crippen molar-refractivity contribution >= 4 is 5.96 Å². The lowest BCUT2D eigenvalue weighted by Gasteiger charge is -2.15. The molecule has 3 rings (SSSR count). The molecule has 0 radical (unpaired) electrons. The van der Waals surface area contributed by atoms with Gasteiger partial charge in [0.25, 0.3) is 0 Å². The van der Waals surface area contributed by atoms with Crippen LogP contribution < -0.4 is 24.8 Å². The highest BCUT2D eigenvalue weighted by molar-refractivity contribution is 5.79. The number of aliphatic imine (C=N–C) groups is 1. The predicted molar refractivity (Wildman–Crippen MR) is 95.2 cm³/mol. The molecule has 2 N–H and O–H groups in total. The Hall–Kier alpha value is -3.10. The number of alkyl halides is 2. The van der Waals surface area contributed by atoms with Crippen LogP contribution in [0.5, 0.6) is 17.2 Å². The summed E-state index contributed by atoms with van der Waals surface area (Å²) in [4.78, 5) is 8.44. The molecule has 2 aromatic rings. The lowest BCUT2D eigenvalue weighted by atomic mass is 10.1. The molecule has 0 spiro atoms. The van der Waals surface area contributed by atoms with Crippen LogP contribution in [0.1, 0.15) is 16.8 Å². The smallest absolute Gasteiger partial charge is 0.387 e. The van der Waals surface area contributed by atoms with E-state index in [2.05, 4.69) is 25.3 Å². The van der Waals surface area contributed by atoms with Gasteiger partial charge < -0.3 is 24.8 Å². The van der Waals surface area contributed by atoms with E-state index in [0.29, 0.717) is 29.6 Å². The summed E-state index contributed by atoms with van der Waals surface area (Å²) < 4.78 is 40.5. The number of rotatable bonds is 6. The van der Waals surface area contributed by atoms with Gasteiger partial charge in [0.1, 0.15) is 5.75 Å². The van der Waals surface area contributed by atoms with E-state index in [9.17, 15) is 8.78 Å². The van der Waals surface area contributed by atoms with Crippen LogP contribution in [0.15, 0.2) is 35.5 Å². The molecule has 1 aromatic carbocycles. The minimum Gasteiger partial charge on any atom is -0.454 e. The molecule has 1 aliphatic heterocycles. The fourth-order valence-corrected chi connectivity index (χ4v) is 2.58. The number of guanidine groups is 1. The summed E-state index contributed by atoms with van der Waals surface area (Å²) >= 11 is 0. The van der Waals surface area contributed by atoms with E-state index in [1.807, 2.05) is 19.1 Å². The Bertz CT molecular complexity index is 830. The van der Waals surface area contributed by atoms with E-state index in [1.54, 1.807) is 19.3 Å². The second-order valence-electron chi connectivity index (χ2n) is 5.74. The van der Waals surface area contributed by atoms with Gasteiger partial charge in [-0.2, -0.15) is 8.78 Å². The molecular weight excluding hydrogens is 358 g/mol. The first-order chi connectivity index (χ1) is 13.1. The van der Waals surface area contributed by atoms with Crippen LogP contribution >= 0.6 is 0 Å². The number of hydrogen-bond donors (Lipinski definition) is 2. The number of aryl methyl sites for hydroxylation is 1. The van der Waals surface area contributed by atoms with Gasteiger partial charge in [-0.3, -0.25) is 9.98 Å². The second-order valence-corrected chi connectivity index (χ2v) is 5.74. The third-order valence-electron chi connectivity index (χ3n) is 3.98. The summed E-state index contributed by atoms with van der Waals surface area (Å²) in [6.07, 6.45) is 1.72. The maximum Gasteiger partial charge on any atom is 0.387 e. The molecule has 0 atom stereocenters. The average Bonchev–Trinajstić information content (AvgIpc) is 3.09. The minimum atomic E-state index is -2.94. The van der Waals surface area contributed by atoms with E-state index in [0.717, 1.165) is 11.3 Å². The van der Waals surface area contributed by atoms with Gasteiger partial charge >= 0.3 is 6.61 Å². The van der Waals surface area contributed by atoms with Crippen LogP contribution in [0, 0.1) is 6.92 Å². The zero-order valence-corrected chi connectivity index (χ0v) is 15.0. The molecule has 0 saturated carbocycles. The van der Waals surface area contributed by atoms with Gasteiger partial charge in [-0.05, 0) is 24.6 Å². The molecule has 0 aliphatic carbocycles. The molecule has 1 aromatic heterocycles. The zero-order valence-electron chi connectivity index (χ0n) is 15.0. The van der Waals surface area contributed by atoms with Gasteiger partial charge in [0.15, 0.2) is 17.5 Å². The molecule has 1 aliphatic rings. The number of nitrogens with zero attached hydrogens (tertiary/aromatic N) is 2. The third-order valence-corrected chi connectivity index (χ3v) is 3.98. The highest BCUT2D eigenvalue weighted by atomic mass is 19.3. The summed E-state index contributed by atoms with van der Waals surface area (Å²) in [5.74, 6) is 1.39. The molecule has 9 heteroatoms. The van der Waals surface area contributed by atoms with Gasteiger partial charge in [0.2, 0.25) is 6.79 Å². The lowest BCUT2D eigenvalue weighted by Crippen LogP contribution is -2.36. The molecule has 0 bridgehead atoms. The summed E-state index contributed by atoms with van der Waals surface area (Å²) in [5, 5.41) is 6.21. The largest absolute Gasteiger partial charge is 0.454 e. The first-order valence-corrected chi connectivity index (χ1v) is 8.29. The highest BCUT2D eigenvalue weighted by Gasteiger charge is 2.20. The Morgan fingerprint density at radius 2 is 2.00 bits per heavy atom. The number of pyridine rings is 1. The third kappa shape index (κ3) is 4.75. The molecule has 7 nitrogen and oxygen atoms in total. The number of fused-ring (bicyclic) bond motifs is 1. The van der Waals surface area contributed by atoms with Gasteiger partial charge in [0, 0.05) is 31.4 Å². The number of ether oxygens (including phenoxy) is 3. The predicted octanol–water partition coefficient (Wildman–Crippen LogP) is 2.59. The van der Waals surface area contributed by atoms with Crippen molar-refractivity contribution in [2.75, 3.05) is 13.8 Å². The van der Waals surface area contributed by atoms with E-state index in [-0.39, 0.29) is 19.1 Å². The molecule has 0 saturated heterocycles. The Kier molecular flexibility index (Phi) is 5.90. The number of nitrogens with one attached hydrogen (secondary N) is 2. The van der Waals surface area contributed by atoms with Crippen molar-refractivity contribution in [3.05, 3.63) is 47.3 Å². The van der Waals surface area contributed by atoms with Crippen LogP contribution in [0.3, 0.4) is 0 Å². The molecule has 2 heterocycles. The molecule has 0 fully saturated rings. The van der Waals surface area contributed by atoms with Crippen LogP contribution in [0.25, 0.3) is 0 Å². The van der Waals surface area contributed by atoms with Crippen molar-refractivity contribution < 1.29 is 23.0 Å². The normalized spacial score (nSPS) is 13.0. The van der Waals surface area contributed by atoms with E-state index >= 15 is 0 Å². The summed E-state index contributed by atoms with van der Waals surface area (Å²) in [7, 11) is 1.62. The van der Waals surface area contributed by atoms with Crippen LogP contribution in [-0.2, 0) is 13.1 Å². The summed E-state index contributed by atoms with van der Waals surface area (Å²) in [5.41, 5.74) is 2.45. The number of hydrogen-bond acceptors (Lipinski definition) is 5. The molecule has 144 valence electrons. The van der Waals surface area contributed by atoms with E-state index < -0.39 is 6.61 Å². The molecule has 0 unspecified atom stereocenters. The van der Waals surface area contributed by atoms with Crippen LogP contribution in [0.4, 0.5) is 8.78 Å². The highest BCUT2D eigenvalue weighted by Crippen LogP contribution is 2.38. The van der Waals surface area contributed by atoms with Crippen molar-refractivity contribution in [1.29, 1.82) is 0 Å². The number of aromatic nitrogens is 1. The Morgan fingerprint density at radius 1 is 1.26 bits per heavy atom. The fraction of sp³-hybridized carbons (Fsp3) is 0.333. The molecule has 0 amide bonds. The number of halogens is 2. The quantitative estimate of drug-likeness (QED) is 0.594. The second kappa shape index (κ2) is 8.52. The zero-order chi connectivity index (χ0) is 19.2. The monoisotopic (exact) mass is 378 g/mol. The first-order valence-electron chi connectivity index (χ1n) is 8.29.